The van der Waals surface area contributed by atoms with Gasteiger partial charge in [0.05, 0.1) is 5.69 Å². The van der Waals surface area contributed by atoms with Crippen LogP contribution in [0.3, 0.4) is 0 Å². The van der Waals surface area contributed by atoms with Crippen LogP contribution in [0.25, 0.3) is 10.6 Å². The van der Waals surface area contributed by atoms with Crippen molar-refractivity contribution in [3.63, 3.8) is 0 Å². The van der Waals surface area contributed by atoms with E-state index >= 15 is 0 Å². The number of carboxylic acids is 1. The molecule has 0 aliphatic carbocycles. The minimum absolute atomic E-state index is 0.650. The van der Waals surface area contributed by atoms with E-state index in [0.29, 0.717) is 6.54 Å². The van der Waals surface area contributed by atoms with E-state index in [1.54, 1.807) is 37.6 Å². The van der Waals surface area contributed by atoms with Crippen LogP contribution in [0.2, 0.25) is 0 Å². The zero-order valence-electron chi connectivity index (χ0n) is 12.0. The molecular weight excluding hydrogens is 286 g/mol. The van der Waals surface area contributed by atoms with Crippen molar-refractivity contribution in [2.75, 3.05) is 6.54 Å². The van der Waals surface area contributed by atoms with Gasteiger partial charge in [-0.3, -0.25) is 14.7 Å². The van der Waals surface area contributed by atoms with E-state index in [4.69, 9.17) is 4.98 Å². The van der Waals surface area contributed by atoms with Crippen molar-refractivity contribution in [2.24, 2.45) is 0 Å². The number of aliphatic carboxylic acids is 1. The van der Waals surface area contributed by atoms with Gasteiger partial charge in [0, 0.05) is 42.3 Å². The van der Waals surface area contributed by atoms with Gasteiger partial charge in [-0.25, -0.2) is 4.98 Å². The van der Waals surface area contributed by atoms with Crippen molar-refractivity contribution in [3.05, 3.63) is 35.1 Å². The number of thiazole rings is 1. The fourth-order valence-corrected chi connectivity index (χ4v) is 3.55. The average Bonchev–Trinajstić information content (AvgIpc) is 2.91. The van der Waals surface area contributed by atoms with Crippen molar-refractivity contribution >= 4 is 17.3 Å². The maximum atomic E-state index is 11.4. The molecule has 0 fully saturated rings. The Kier molecular flexibility index (Phi) is 3.51. The fourth-order valence-electron chi connectivity index (χ4n) is 2.43. The highest BCUT2D eigenvalue weighted by Crippen LogP contribution is 2.33. The highest BCUT2D eigenvalue weighted by molar-refractivity contribution is 7.15. The summed E-state index contributed by atoms with van der Waals surface area (Å²) in [6, 6.07) is 3.90. The van der Waals surface area contributed by atoms with Gasteiger partial charge in [0.2, 0.25) is 0 Å². The van der Waals surface area contributed by atoms with Gasteiger partial charge in [0.1, 0.15) is 10.5 Å². The lowest BCUT2D eigenvalue weighted by atomic mass is 10.00. The van der Waals surface area contributed by atoms with Gasteiger partial charge in [-0.2, -0.15) is 0 Å². The second kappa shape index (κ2) is 5.20. The predicted octanol–water partition coefficient (Wildman–Crippen LogP) is 2.43. The molecule has 0 aromatic carbocycles. The Bertz CT molecular complexity index is 667. The Balaban J connectivity index is 1.88. The molecule has 1 aliphatic heterocycles. The Hall–Kier alpha value is -1.79. The first-order valence-corrected chi connectivity index (χ1v) is 7.67. The molecule has 2 aromatic heterocycles. The van der Waals surface area contributed by atoms with Crippen LogP contribution in [0.4, 0.5) is 0 Å². The molecule has 0 atom stereocenters. The van der Waals surface area contributed by atoms with E-state index < -0.39 is 11.5 Å². The van der Waals surface area contributed by atoms with E-state index in [2.05, 4.69) is 4.98 Å². The molecular formula is C15H17N3O2S. The number of hydrogen-bond donors (Lipinski definition) is 1. The number of rotatable bonds is 3. The first-order chi connectivity index (χ1) is 9.98. The summed E-state index contributed by atoms with van der Waals surface area (Å²) in [6.45, 7) is 4.89. The van der Waals surface area contributed by atoms with E-state index in [-0.39, 0.29) is 0 Å². The number of carbonyl (C=O) groups is 1. The lowest BCUT2D eigenvalue weighted by molar-refractivity contribution is -0.150. The number of fused-ring (bicyclic) bond motifs is 1. The molecule has 0 radical (unpaired) electrons. The molecule has 3 rings (SSSR count). The summed E-state index contributed by atoms with van der Waals surface area (Å²) >= 11 is 1.65. The molecule has 3 heterocycles. The molecule has 0 spiro atoms. The number of nitrogens with zero attached hydrogens (tertiary/aromatic N) is 3. The molecule has 110 valence electrons. The number of pyridine rings is 1. The zero-order valence-corrected chi connectivity index (χ0v) is 12.9. The quantitative estimate of drug-likeness (QED) is 0.943. The molecule has 0 saturated carbocycles. The van der Waals surface area contributed by atoms with E-state index in [1.807, 2.05) is 17.0 Å². The second-order valence-corrected chi connectivity index (χ2v) is 6.74. The molecule has 0 unspecified atom stereocenters. The Labute approximate surface area is 127 Å². The second-order valence-electron chi connectivity index (χ2n) is 5.66. The van der Waals surface area contributed by atoms with Gasteiger partial charge in [-0.05, 0) is 26.0 Å². The third-order valence-electron chi connectivity index (χ3n) is 3.97. The molecule has 6 heteroatoms. The first-order valence-electron chi connectivity index (χ1n) is 6.86. The monoisotopic (exact) mass is 303 g/mol. The summed E-state index contributed by atoms with van der Waals surface area (Å²) in [5.74, 6) is -0.787. The molecule has 1 aliphatic rings. The average molecular weight is 303 g/mol. The minimum Gasteiger partial charge on any atom is -0.480 e. The van der Waals surface area contributed by atoms with Crippen LogP contribution in [-0.2, 0) is 17.8 Å². The van der Waals surface area contributed by atoms with E-state index in [1.165, 1.54) is 4.88 Å². The van der Waals surface area contributed by atoms with Gasteiger partial charge in [-0.1, -0.05) is 0 Å². The summed E-state index contributed by atoms with van der Waals surface area (Å²) in [6.07, 6.45) is 4.32. The fraction of sp³-hybridized carbons (Fsp3) is 0.400. The van der Waals surface area contributed by atoms with Crippen molar-refractivity contribution in [1.29, 1.82) is 0 Å². The van der Waals surface area contributed by atoms with Gasteiger partial charge in [0.25, 0.3) is 0 Å². The smallest absolute Gasteiger partial charge is 0.323 e. The summed E-state index contributed by atoms with van der Waals surface area (Å²) in [5, 5.41) is 10.3. The van der Waals surface area contributed by atoms with Crippen molar-refractivity contribution in [3.8, 4) is 10.6 Å². The van der Waals surface area contributed by atoms with Gasteiger partial charge in [-0.15, -0.1) is 11.3 Å². The van der Waals surface area contributed by atoms with Crippen LogP contribution < -0.4 is 0 Å². The standard InChI is InChI=1S/C15H17N3O2S/c1-15(2,14(19)20)18-8-5-11-12(9-18)21-13(17-11)10-3-6-16-7-4-10/h3-4,6-7H,5,8-9H2,1-2H3,(H,19,20). The zero-order chi connectivity index (χ0) is 15.0. The topological polar surface area (TPSA) is 66.3 Å². The molecule has 0 bridgehead atoms. The predicted molar refractivity (Wildman–Crippen MR) is 81.2 cm³/mol. The molecule has 2 aromatic rings. The van der Waals surface area contributed by atoms with Crippen LogP contribution in [0.5, 0.6) is 0 Å². The summed E-state index contributed by atoms with van der Waals surface area (Å²) in [7, 11) is 0. The largest absolute Gasteiger partial charge is 0.480 e. The van der Waals surface area contributed by atoms with Gasteiger partial charge >= 0.3 is 5.97 Å². The van der Waals surface area contributed by atoms with E-state index in [0.717, 1.165) is 29.2 Å². The van der Waals surface area contributed by atoms with Crippen LogP contribution in [0.15, 0.2) is 24.5 Å². The minimum atomic E-state index is -0.849. The lowest BCUT2D eigenvalue weighted by Crippen LogP contribution is -2.51. The molecule has 21 heavy (non-hydrogen) atoms. The van der Waals surface area contributed by atoms with Crippen LogP contribution >= 0.6 is 11.3 Å². The van der Waals surface area contributed by atoms with Crippen LogP contribution in [0, 0.1) is 0 Å². The maximum absolute atomic E-state index is 11.4. The number of hydrogen-bond acceptors (Lipinski definition) is 5. The third kappa shape index (κ3) is 2.56. The SMILES string of the molecule is CC(C)(C(=O)O)N1CCc2nc(-c3ccncc3)sc2C1. The Morgan fingerprint density at radius 2 is 2.10 bits per heavy atom. The maximum Gasteiger partial charge on any atom is 0.323 e. The van der Waals surface area contributed by atoms with Crippen molar-refractivity contribution in [1.82, 2.24) is 14.9 Å². The summed E-state index contributed by atoms with van der Waals surface area (Å²) in [4.78, 5) is 23.3. The number of aromatic nitrogens is 2. The molecule has 1 N–H and O–H groups in total. The van der Waals surface area contributed by atoms with Crippen molar-refractivity contribution < 1.29 is 9.90 Å². The van der Waals surface area contributed by atoms with E-state index in [9.17, 15) is 9.90 Å². The van der Waals surface area contributed by atoms with Gasteiger partial charge < -0.3 is 5.11 Å². The summed E-state index contributed by atoms with van der Waals surface area (Å²) in [5.41, 5.74) is 1.32. The highest BCUT2D eigenvalue weighted by atomic mass is 32.1. The molecule has 5 nitrogen and oxygen atoms in total. The highest BCUT2D eigenvalue weighted by Gasteiger charge is 2.37. The Morgan fingerprint density at radius 1 is 1.38 bits per heavy atom. The Morgan fingerprint density at radius 3 is 2.76 bits per heavy atom. The van der Waals surface area contributed by atoms with Crippen molar-refractivity contribution in [2.45, 2.75) is 32.4 Å². The molecule has 0 amide bonds. The number of carboxylic acid groups (broad SMARTS) is 1. The van der Waals surface area contributed by atoms with Crippen LogP contribution in [-0.4, -0.2) is 38.0 Å². The normalized spacial score (nSPS) is 15.7. The molecule has 0 saturated heterocycles. The third-order valence-corrected chi connectivity index (χ3v) is 5.10. The first kappa shape index (κ1) is 14.2. The van der Waals surface area contributed by atoms with Gasteiger partial charge in [0.15, 0.2) is 0 Å². The van der Waals surface area contributed by atoms with Crippen LogP contribution in [0.1, 0.15) is 24.4 Å². The summed E-state index contributed by atoms with van der Waals surface area (Å²) < 4.78 is 0. The lowest BCUT2D eigenvalue weighted by Gasteiger charge is -2.36.